The zero-order valence-electron chi connectivity index (χ0n) is 12.9. The molecule has 2 amide bonds. The van der Waals surface area contributed by atoms with Gasteiger partial charge in [-0.15, -0.1) is 0 Å². The highest BCUT2D eigenvalue weighted by atomic mass is 16.5. The van der Waals surface area contributed by atoms with E-state index in [-0.39, 0.29) is 17.4 Å². The first-order valence-electron chi connectivity index (χ1n) is 6.83. The van der Waals surface area contributed by atoms with Gasteiger partial charge < -0.3 is 15.0 Å². The Morgan fingerprint density at radius 3 is 2.42 bits per heavy atom. The molecule has 0 spiro atoms. The molecule has 5 nitrogen and oxygen atoms in total. The molecule has 0 aromatic heterocycles. The van der Waals surface area contributed by atoms with Gasteiger partial charge in [-0.3, -0.25) is 9.59 Å². The first-order valence-corrected chi connectivity index (χ1v) is 6.83. The predicted octanol–water partition coefficient (Wildman–Crippen LogP) is 1.32. The summed E-state index contributed by atoms with van der Waals surface area (Å²) in [6.07, 6.45) is 1.31. The molecule has 0 aliphatic carbocycles. The van der Waals surface area contributed by atoms with Crippen LogP contribution in [0.2, 0.25) is 0 Å². The van der Waals surface area contributed by atoms with E-state index < -0.39 is 11.6 Å². The molecule has 110 valence electrons. The van der Waals surface area contributed by atoms with Gasteiger partial charge in [-0.05, 0) is 40.5 Å². The molecule has 5 heteroatoms. The number of nitrogens with zero attached hydrogens (tertiary/aromatic N) is 1. The molecular weight excluding hydrogens is 244 g/mol. The summed E-state index contributed by atoms with van der Waals surface area (Å²) in [5.41, 5.74) is -1.10. The van der Waals surface area contributed by atoms with Crippen LogP contribution in [0.4, 0.5) is 0 Å². The van der Waals surface area contributed by atoms with Crippen LogP contribution in [-0.4, -0.2) is 47.6 Å². The molecule has 1 aliphatic rings. The van der Waals surface area contributed by atoms with Crippen LogP contribution < -0.4 is 5.32 Å². The minimum absolute atomic E-state index is 0.000923. The number of amides is 2. The van der Waals surface area contributed by atoms with Gasteiger partial charge in [0.05, 0.1) is 5.60 Å². The number of methoxy groups -OCH3 is 1. The zero-order valence-corrected chi connectivity index (χ0v) is 12.9. The molecule has 19 heavy (non-hydrogen) atoms. The van der Waals surface area contributed by atoms with Crippen molar-refractivity contribution in [2.45, 2.75) is 64.6 Å². The third kappa shape index (κ3) is 3.26. The van der Waals surface area contributed by atoms with Crippen LogP contribution in [-0.2, 0) is 14.3 Å². The Morgan fingerprint density at radius 2 is 1.95 bits per heavy atom. The second-order valence-corrected chi connectivity index (χ2v) is 6.20. The first-order chi connectivity index (χ1) is 8.65. The van der Waals surface area contributed by atoms with Crippen molar-refractivity contribution < 1.29 is 14.3 Å². The summed E-state index contributed by atoms with van der Waals surface area (Å²) < 4.78 is 5.37. The lowest BCUT2D eigenvalue weighted by molar-refractivity contribution is -0.156. The summed E-state index contributed by atoms with van der Waals surface area (Å²) in [6, 6.07) is -0.397. The van der Waals surface area contributed by atoms with Crippen LogP contribution >= 0.6 is 0 Å². The number of hydrogen-bond donors (Lipinski definition) is 1. The number of carbonyl (C=O) groups is 2. The van der Waals surface area contributed by atoms with Crippen molar-refractivity contribution in [3.8, 4) is 0 Å². The lowest BCUT2D eigenvalue weighted by Crippen LogP contribution is -2.68. The molecule has 0 radical (unpaired) electrons. The molecule has 1 heterocycles. The van der Waals surface area contributed by atoms with Gasteiger partial charge in [0.25, 0.3) is 0 Å². The largest absolute Gasteiger partial charge is 0.379 e. The molecule has 1 saturated heterocycles. The maximum absolute atomic E-state index is 12.4. The summed E-state index contributed by atoms with van der Waals surface area (Å²) in [5.74, 6) is -0.0897. The van der Waals surface area contributed by atoms with Crippen LogP contribution in [0, 0.1) is 0 Å². The third-order valence-corrected chi connectivity index (χ3v) is 4.00. The Kier molecular flexibility index (Phi) is 4.61. The van der Waals surface area contributed by atoms with Crippen LogP contribution in [0.25, 0.3) is 0 Å². The second kappa shape index (κ2) is 5.49. The molecule has 1 fully saturated rings. The lowest BCUT2D eigenvalue weighted by atomic mass is 9.93. The van der Waals surface area contributed by atoms with E-state index in [0.29, 0.717) is 19.4 Å². The van der Waals surface area contributed by atoms with Crippen molar-refractivity contribution in [1.29, 1.82) is 0 Å². The normalized spacial score (nSPS) is 23.5. The minimum atomic E-state index is -0.799. The Balaban J connectivity index is 2.87. The fourth-order valence-corrected chi connectivity index (χ4v) is 2.13. The number of nitrogens with one attached hydrogen (secondary N) is 1. The van der Waals surface area contributed by atoms with Crippen LogP contribution in [0.15, 0.2) is 0 Å². The highest BCUT2D eigenvalue weighted by Gasteiger charge is 2.45. The average Bonchev–Trinajstić information content (AvgIpc) is 2.33. The summed E-state index contributed by atoms with van der Waals surface area (Å²) in [6.45, 7) is 9.95. The summed E-state index contributed by atoms with van der Waals surface area (Å²) in [7, 11) is 1.66. The standard InChI is InChI=1S/C14H26N2O3/c1-7-10-11(17)16(9-8-13(2,3)19-6)14(4,5)12(18)15-10/h10H,7-9H2,1-6H3,(H,15,18). The van der Waals surface area contributed by atoms with Crippen molar-refractivity contribution in [1.82, 2.24) is 10.2 Å². The van der Waals surface area contributed by atoms with Gasteiger partial charge in [0.15, 0.2) is 0 Å². The molecule has 1 aliphatic heterocycles. The predicted molar refractivity (Wildman–Crippen MR) is 73.7 cm³/mol. The van der Waals surface area contributed by atoms with Crippen molar-refractivity contribution in [3.05, 3.63) is 0 Å². The maximum Gasteiger partial charge on any atom is 0.246 e. The molecule has 0 aromatic carbocycles. The molecule has 0 saturated carbocycles. The monoisotopic (exact) mass is 270 g/mol. The summed E-state index contributed by atoms with van der Waals surface area (Å²) in [4.78, 5) is 26.2. The highest BCUT2D eigenvalue weighted by Crippen LogP contribution is 2.24. The zero-order chi connectivity index (χ0) is 14.8. The minimum Gasteiger partial charge on any atom is -0.379 e. The van der Waals surface area contributed by atoms with E-state index in [1.807, 2.05) is 20.8 Å². The van der Waals surface area contributed by atoms with Gasteiger partial charge in [0.2, 0.25) is 11.8 Å². The quantitative estimate of drug-likeness (QED) is 0.819. The van der Waals surface area contributed by atoms with Gasteiger partial charge in [0, 0.05) is 13.7 Å². The number of ether oxygens (including phenoxy) is 1. The first kappa shape index (κ1) is 16.0. The fraction of sp³-hybridized carbons (Fsp3) is 0.857. The third-order valence-electron chi connectivity index (χ3n) is 4.00. The lowest BCUT2D eigenvalue weighted by Gasteiger charge is -2.45. The molecule has 1 unspecified atom stereocenters. The van der Waals surface area contributed by atoms with Crippen LogP contribution in [0.1, 0.15) is 47.5 Å². The van der Waals surface area contributed by atoms with Crippen LogP contribution in [0.5, 0.6) is 0 Å². The number of rotatable bonds is 5. The van der Waals surface area contributed by atoms with Gasteiger partial charge in [-0.25, -0.2) is 0 Å². The van der Waals surface area contributed by atoms with Crippen LogP contribution in [0.3, 0.4) is 0 Å². The van der Waals surface area contributed by atoms with Crippen molar-refractivity contribution in [3.63, 3.8) is 0 Å². The molecular formula is C14H26N2O3. The van der Waals surface area contributed by atoms with Gasteiger partial charge >= 0.3 is 0 Å². The van der Waals surface area contributed by atoms with E-state index >= 15 is 0 Å². The average molecular weight is 270 g/mol. The van der Waals surface area contributed by atoms with Crippen molar-refractivity contribution >= 4 is 11.8 Å². The Bertz CT molecular complexity index is 364. The van der Waals surface area contributed by atoms with Gasteiger partial charge in [-0.2, -0.15) is 0 Å². The number of hydrogen-bond acceptors (Lipinski definition) is 3. The SMILES string of the molecule is CCC1NC(=O)C(C)(C)N(CCC(C)(C)OC)C1=O. The van der Waals surface area contributed by atoms with E-state index in [1.165, 1.54) is 0 Å². The Labute approximate surface area is 115 Å². The van der Waals surface area contributed by atoms with Gasteiger partial charge in [0.1, 0.15) is 11.6 Å². The van der Waals surface area contributed by atoms with Crippen molar-refractivity contribution in [2.24, 2.45) is 0 Å². The maximum atomic E-state index is 12.4. The van der Waals surface area contributed by atoms with Gasteiger partial charge in [-0.1, -0.05) is 6.92 Å². The molecule has 0 aromatic rings. The van der Waals surface area contributed by atoms with E-state index in [0.717, 1.165) is 0 Å². The fourth-order valence-electron chi connectivity index (χ4n) is 2.13. The smallest absolute Gasteiger partial charge is 0.246 e. The topological polar surface area (TPSA) is 58.6 Å². The molecule has 0 bridgehead atoms. The van der Waals surface area contributed by atoms with E-state index in [2.05, 4.69) is 5.32 Å². The van der Waals surface area contributed by atoms with E-state index in [4.69, 9.17) is 4.74 Å². The highest BCUT2D eigenvalue weighted by molar-refractivity contribution is 5.99. The summed E-state index contributed by atoms with van der Waals surface area (Å²) >= 11 is 0. The number of piperazine rings is 1. The Morgan fingerprint density at radius 1 is 1.37 bits per heavy atom. The molecule has 1 atom stereocenters. The Hall–Kier alpha value is -1.10. The molecule has 1 N–H and O–H groups in total. The number of carbonyl (C=O) groups excluding carboxylic acids is 2. The van der Waals surface area contributed by atoms with Crippen molar-refractivity contribution in [2.75, 3.05) is 13.7 Å². The molecule has 1 rings (SSSR count). The van der Waals surface area contributed by atoms with E-state index in [9.17, 15) is 9.59 Å². The second-order valence-electron chi connectivity index (χ2n) is 6.20. The van der Waals surface area contributed by atoms with E-state index in [1.54, 1.807) is 25.9 Å². The summed E-state index contributed by atoms with van der Waals surface area (Å²) in [5, 5.41) is 2.79.